The first-order valence-electron chi connectivity index (χ1n) is 5.24. The van der Waals surface area contributed by atoms with Gasteiger partial charge in [0, 0.05) is 0 Å². The maximum Gasteiger partial charge on any atom is 0.348 e. The molecule has 0 aromatic heterocycles. The number of carboxylic acid groups (broad SMARTS) is 2. The number of aliphatic carboxylic acids is 2. The Morgan fingerprint density at radius 1 is 1.16 bits per heavy atom. The van der Waals surface area contributed by atoms with E-state index in [1.165, 1.54) is 12.1 Å². The maximum absolute atomic E-state index is 11.6. The molecule has 0 fully saturated rings. The molecular weight excluding hydrogens is 256 g/mol. The van der Waals surface area contributed by atoms with Crippen molar-refractivity contribution in [3.05, 3.63) is 35.4 Å². The quantitative estimate of drug-likeness (QED) is 0.645. The smallest absolute Gasteiger partial charge is 0.348 e. The lowest BCUT2D eigenvalue weighted by molar-refractivity contribution is -0.166. The van der Waals surface area contributed by atoms with Gasteiger partial charge in [-0.25, -0.2) is 14.4 Å². The van der Waals surface area contributed by atoms with E-state index in [0.717, 1.165) is 5.56 Å². The van der Waals surface area contributed by atoms with Gasteiger partial charge < -0.3 is 20.1 Å². The van der Waals surface area contributed by atoms with Gasteiger partial charge in [-0.2, -0.15) is 0 Å². The highest BCUT2D eigenvalue weighted by Crippen LogP contribution is 2.09. The summed E-state index contributed by atoms with van der Waals surface area (Å²) in [5.41, 5.74) is 0.823. The monoisotopic (exact) mass is 268 g/mol. The highest BCUT2D eigenvalue weighted by atomic mass is 16.6. The summed E-state index contributed by atoms with van der Waals surface area (Å²) in [5.74, 6) is -4.54. The van der Waals surface area contributed by atoms with E-state index in [-0.39, 0.29) is 5.56 Å². The zero-order chi connectivity index (χ0) is 14.6. The fourth-order valence-corrected chi connectivity index (χ4v) is 1.33. The lowest BCUT2D eigenvalue weighted by Gasteiger charge is -2.16. The van der Waals surface area contributed by atoms with E-state index in [1.807, 2.05) is 0 Å². The molecule has 7 heteroatoms. The maximum atomic E-state index is 11.6. The van der Waals surface area contributed by atoms with Crippen LogP contribution in [0.4, 0.5) is 0 Å². The predicted octanol–water partition coefficient (Wildman–Crippen LogP) is 0.0505. The number of ether oxygens (including phenoxy) is 1. The Labute approximate surface area is 108 Å². The third-order valence-electron chi connectivity index (χ3n) is 2.27. The van der Waals surface area contributed by atoms with Crippen LogP contribution in [0.25, 0.3) is 0 Å². The van der Waals surface area contributed by atoms with Crippen LogP contribution in [0.15, 0.2) is 24.3 Å². The van der Waals surface area contributed by atoms with Crippen LogP contribution in [-0.2, 0) is 14.3 Å². The van der Waals surface area contributed by atoms with Crippen LogP contribution in [0.3, 0.4) is 0 Å². The number of carbonyl (C=O) groups is 3. The molecule has 0 saturated heterocycles. The molecule has 2 unspecified atom stereocenters. The molecule has 102 valence electrons. The average molecular weight is 268 g/mol. The molecule has 3 N–H and O–H groups in total. The van der Waals surface area contributed by atoms with E-state index >= 15 is 0 Å². The summed E-state index contributed by atoms with van der Waals surface area (Å²) < 4.78 is 4.51. The lowest BCUT2D eigenvalue weighted by atomic mass is 10.1. The van der Waals surface area contributed by atoms with Gasteiger partial charge in [-0.05, 0) is 19.1 Å². The Morgan fingerprint density at radius 2 is 1.79 bits per heavy atom. The summed E-state index contributed by atoms with van der Waals surface area (Å²) in [6.07, 6.45) is -4.49. The normalized spacial score (nSPS) is 13.4. The molecule has 0 amide bonds. The van der Waals surface area contributed by atoms with Gasteiger partial charge >= 0.3 is 17.9 Å². The van der Waals surface area contributed by atoms with Crippen LogP contribution in [-0.4, -0.2) is 45.4 Å². The van der Waals surface area contributed by atoms with Gasteiger partial charge in [0.25, 0.3) is 0 Å². The SMILES string of the molecule is Cc1cccc(C(=O)OC(C(=O)O)C(O)C(=O)O)c1. The fourth-order valence-electron chi connectivity index (χ4n) is 1.33. The largest absolute Gasteiger partial charge is 0.479 e. The highest BCUT2D eigenvalue weighted by molar-refractivity contribution is 5.93. The molecule has 0 heterocycles. The zero-order valence-electron chi connectivity index (χ0n) is 9.94. The molecule has 1 aromatic rings. The predicted molar refractivity (Wildman–Crippen MR) is 61.7 cm³/mol. The number of carbonyl (C=O) groups excluding carboxylic acids is 1. The molecule has 7 nitrogen and oxygen atoms in total. The number of esters is 1. The molecule has 0 saturated carbocycles. The number of hydrogen-bond acceptors (Lipinski definition) is 5. The third-order valence-corrected chi connectivity index (χ3v) is 2.27. The van der Waals surface area contributed by atoms with Crippen LogP contribution < -0.4 is 0 Å². The van der Waals surface area contributed by atoms with Crippen molar-refractivity contribution in [1.29, 1.82) is 0 Å². The summed E-state index contributed by atoms with van der Waals surface area (Å²) in [4.78, 5) is 32.9. The lowest BCUT2D eigenvalue weighted by Crippen LogP contribution is -2.43. The van der Waals surface area contributed by atoms with Gasteiger partial charge in [0.05, 0.1) is 5.56 Å². The molecule has 0 aliphatic rings. The van der Waals surface area contributed by atoms with Crippen molar-refractivity contribution in [2.75, 3.05) is 0 Å². The minimum atomic E-state index is -2.33. The van der Waals surface area contributed by atoms with Gasteiger partial charge in [-0.1, -0.05) is 17.7 Å². The fraction of sp³-hybridized carbons (Fsp3) is 0.250. The van der Waals surface area contributed by atoms with Crippen molar-refractivity contribution >= 4 is 17.9 Å². The van der Waals surface area contributed by atoms with Crippen LogP contribution in [0, 0.1) is 6.92 Å². The molecule has 0 aliphatic heterocycles. The number of hydrogen-bond donors (Lipinski definition) is 3. The molecule has 1 rings (SSSR count). The Bertz CT molecular complexity index is 509. The van der Waals surface area contributed by atoms with E-state index in [2.05, 4.69) is 4.74 Å². The molecule has 0 aliphatic carbocycles. The summed E-state index contributed by atoms with van der Waals surface area (Å²) in [7, 11) is 0. The summed E-state index contributed by atoms with van der Waals surface area (Å²) in [5, 5.41) is 26.4. The van der Waals surface area contributed by atoms with Gasteiger partial charge in [0.2, 0.25) is 6.10 Å². The second-order valence-corrected chi connectivity index (χ2v) is 3.82. The number of aliphatic hydroxyl groups excluding tert-OH is 1. The molecule has 0 bridgehead atoms. The molecule has 0 radical (unpaired) electrons. The van der Waals surface area contributed by atoms with Crippen LogP contribution in [0.5, 0.6) is 0 Å². The first-order valence-corrected chi connectivity index (χ1v) is 5.24. The van der Waals surface area contributed by atoms with Crippen molar-refractivity contribution in [2.24, 2.45) is 0 Å². The first-order chi connectivity index (χ1) is 8.82. The minimum Gasteiger partial charge on any atom is -0.479 e. The molecule has 2 atom stereocenters. The van der Waals surface area contributed by atoms with Crippen molar-refractivity contribution in [1.82, 2.24) is 0 Å². The van der Waals surface area contributed by atoms with Gasteiger partial charge in [0.15, 0.2) is 6.10 Å². The van der Waals surface area contributed by atoms with E-state index in [1.54, 1.807) is 19.1 Å². The van der Waals surface area contributed by atoms with Crippen LogP contribution >= 0.6 is 0 Å². The summed E-state index contributed by atoms with van der Waals surface area (Å²) in [6, 6.07) is 6.13. The third kappa shape index (κ3) is 3.78. The second-order valence-electron chi connectivity index (χ2n) is 3.82. The van der Waals surface area contributed by atoms with Crippen molar-refractivity contribution in [3.8, 4) is 0 Å². The van der Waals surface area contributed by atoms with E-state index in [0.29, 0.717) is 0 Å². The van der Waals surface area contributed by atoms with E-state index in [9.17, 15) is 14.4 Å². The van der Waals surface area contributed by atoms with Crippen LogP contribution in [0.2, 0.25) is 0 Å². The minimum absolute atomic E-state index is 0.0730. The zero-order valence-corrected chi connectivity index (χ0v) is 9.94. The Balaban J connectivity index is 2.89. The first kappa shape index (κ1) is 14.7. The van der Waals surface area contributed by atoms with E-state index < -0.39 is 30.1 Å². The Hall–Kier alpha value is -2.41. The van der Waals surface area contributed by atoms with Crippen molar-refractivity contribution < 1.29 is 34.4 Å². The standard InChI is InChI=1S/C12H12O7/c1-6-3-2-4-7(5-6)12(18)19-9(11(16)17)8(13)10(14)15/h2-5,8-9,13H,1H3,(H,14,15)(H,16,17). The summed E-state index contributed by atoms with van der Waals surface area (Å²) >= 11 is 0. The van der Waals surface area contributed by atoms with Gasteiger partial charge in [-0.15, -0.1) is 0 Å². The van der Waals surface area contributed by atoms with Crippen LogP contribution in [0.1, 0.15) is 15.9 Å². The number of rotatable bonds is 5. The molecular formula is C12H12O7. The topological polar surface area (TPSA) is 121 Å². The number of aliphatic hydroxyl groups is 1. The summed E-state index contributed by atoms with van der Waals surface area (Å²) in [6.45, 7) is 1.72. The number of benzene rings is 1. The van der Waals surface area contributed by atoms with Crippen molar-refractivity contribution in [3.63, 3.8) is 0 Å². The van der Waals surface area contributed by atoms with Gasteiger partial charge in [-0.3, -0.25) is 0 Å². The Morgan fingerprint density at radius 3 is 2.26 bits per heavy atom. The average Bonchev–Trinajstić information content (AvgIpc) is 2.34. The Kier molecular flexibility index (Phi) is 4.60. The number of carboxylic acids is 2. The second kappa shape index (κ2) is 5.96. The highest BCUT2D eigenvalue weighted by Gasteiger charge is 2.35. The molecule has 0 spiro atoms. The number of aryl methyl sites for hydroxylation is 1. The molecule has 1 aromatic carbocycles. The molecule has 19 heavy (non-hydrogen) atoms. The van der Waals surface area contributed by atoms with E-state index in [4.69, 9.17) is 15.3 Å². The van der Waals surface area contributed by atoms with Gasteiger partial charge in [0.1, 0.15) is 0 Å². The van der Waals surface area contributed by atoms with Crippen molar-refractivity contribution in [2.45, 2.75) is 19.1 Å².